The van der Waals surface area contributed by atoms with E-state index in [1.54, 1.807) is 29.2 Å². The number of benzene rings is 2. The van der Waals surface area contributed by atoms with Gasteiger partial charge in [-0.05, 0) is 44.2 Å². The van der Waals surface area contributed by atoms with E-state index < -0.39 is 45.0 Å². The van der Waals surface area contributed by atoms with Gasteiger partial charge in [-0.15, -0.1) is 11.8 Å². The number of thioether (sulfide) groups is 1. The SMILES string of the molecule is COc1ccc(C(=N)N)cc1Oc1nc(Oc2cccc(N(C)C)c2)c(F)c(SC(C)(C)C(N)C(=O)O)c1F. The fraction of sp³-hybridized carbons (Fsp3) is 0.269. The number of hydrogen-bond donors (Lipinski definition) is 4. The maximum Gasteiger partial charge on any atom is 0.321 e. The number of amidine groups is 1. The third kappa shape index (κ3) is 6.67. The summed E-state index contributed by atoms with van der Waals surface area (Å²) in [4.78, 5) is 16.7. The molecule has 0 aliphatic rings. The maximum absolute atomic E-state index is 15.8. The summed E-state index contributed by atoms with van der Waals surface area (Å²) in [6, 6.07) is 9.52. The molecule has 1 aromatic heterocycles. The summed E-state index contributed by atoms with van der Waals surface area (Å²) < 4.78 is 46.8. The van der Waals surface area contributed by atoms with Crippen molar-refractivity contribution >= 4 is 29.3 Å². The first-order valence-corrected chi connectivity index (χ1v) is 12.3. The number of carboxylic acid groups (broad SMARTS) is 1. The number of nitrogens with zero attached hydrogens (tertiary/aromatic N) is 2. The zero-order chi connectivity index (χ0) is 29.1. The van der Waals surface area contributed by atoms with Gasteiger partial charge < -0.3 is 35.7 Å². The lowest BCUT2D eigenvalue weighted by Gasteiger charge is -2.28. The maximum atomic E-state index is 15.8. The molecule has 1 atom stereocenters. The van der Waals surface area contributed by atoms with E-state index in [0.717, 1.165) is 5.69 Å². The van der Waals surface area contributed by atoms with Crippen LogP contribution in [0.5, 0.6) is 29.0 Å². The zero-order valence-corrected chi connectivity index (χ0v) is 22.7. The molecule has 0 fully saturated rings. The van der Waals surface area contributed by atoms with E-state index >= 15 is 8.78 Å². The number of nitrogen functional groups attached to an aromatic ring is 1. The molecule has 0 aliphatic carbocycles. The highest BCUT2D eigenvalue weighted by molar-refractivity contribution is 8.00. The number of ether oxygens (including phenoxy) is 3. The van der Waals surface area contributed by atoms with Crippen LogP contribution in [-0.2, 0) is 4.79 Å². The Labute approximate surface area is 228 Å². The van der Waals surface area contributed by atoms with E-state index in [-0.39, 0.29) is 28.6 Å². The molecule has 0 saturated heterocycles. The Kier molecular flexibility index (Phi) is 8.87. The predicted octanol–water partition coefficient (Wildman–Crippen LogP) is 4.59. The van der Waals surface area contributed by atoms with Gasteiger partial charge in [-0.25, -0.2) is 0 Å². The van der Waals surface area contributed by atoms with E-state index in [1.807, 2.05) is 14.1 Å². The van der Waals surface area contributed by atoms with Crippen molar-refractivity contribution < 1.29 is 32.9 Å². The number of nitrogens with two attached hydrogens (primary N) is 2. The predicted molar refractivity (Wildman–Crippen MR) is 145 cm³/mol. The van der Waals surface area contributed by atoms with Crippen LogP contribution in [0.15, 0.2) is 47.4 Å². The number of anilines is 1. The van der Waals surface area contributed by atoms with Gasteiger partial charge in [0.05, 0.1) is 12.0 Å². The summed E-state index contributed by atoms with van der Waals surface area (Å²) in [6.45, 7) is 2.88. The van der Waals surface area contributed by atoms with Crippen LogP contribution >= 0.6 is 11.8 Å². The van der Waals surface area contributed by atoms with E-state index in [0.29, 0.717) is 11.8 Å². The molecule has 39 heavy (non-hydrogen) atoms. The van der Waals surface area contributed by atoms with Gasteiger partial charge in [-0.2, -0.15) is 13.8 Å². The molecule has 6 N–H and O–H groups in total. The average molecular weight is 562 g/mol. The number of carbonyl (C=O) groups is 1. The molecule has 0 amide bonds. The summed E-state index contributed by atoms with van der Waals surface area (Å²) in [5.74, 6) is -5.00. The second-order valence-corrected chi connectivity index (χ2v) is 10.7. The van der Waals surface area contributed by atoms with Crippen molar-refractivity contribution in [3.63, 3.8) is 0 Å². The quantitative estimate of drug-likeness (QED) is 0.148. The number of hydrogen-bond acceptors (Lipinski definition) is 9. The van der Waals surface area contributed by atoms with Crippen molar-refractivity contribution in [2.75, 3.05) is 26.1 Å². The minimum absolute atomic E-state index is 0.0544. The molecule has 13 heteroatoms. The molecule has 0 saturated carbocycles. The molecule has 2 aromatic carbocycles. The van der Waals surface area contributed by atoms with Crippen molar-refractivity contribution in [1.82, 2.24) is 4.98 Å². The Morgan fingerprint density at radius 3 is 2.31 bits per heavy atom. The number of aromatic nitrogens is 1. The van der Waals surface area contributed by atoms with Gasteiger partial charge >= 0.3 is 5.97 Å². The molecule has 10 nitrogen and oxygen atoms in total. The smallest absolute Gasteiger partial charge is 0.321 e. The first-order chi connectivity index (χ1) is 18.2. The normalized spacial score (nSPS) is 12.0. The lowest BCUT2D eigenvalue weighted by molar-refractivity contribution is -0.139. The Morgan fingerprint density at radius 2 is 1.74 bits per heavy atom. The molecule has 0 aliphatic heterocycles. The van der Waals surface area contributed by atoms with Gasteiger partial charge in [-0.3, -0.25) is 10.2 Å². The van der Waals surface area contributed by atoms with Gasteiger partial charge in [0.15, 0.2) is 11.5 Å². The molecule has 3 aromatic rings. The Balaban J connectivity index is 2.17. The van der Waals surface area contributed by atoms with Crippen LogP contribution in [0.1, 0.15) is 19.4 Å². The van der Waals surface area contributed by atoms with Gasteiger partial charge in [0, 0.05) is 36.2 Å². The minimum Gasteiger partial charge on any atom is -0.493 e. The number of carboxylic acids is 1. The topological polar surface area (TPSA) is 157 Å². The van der Waals surface area contributed by atoms with Crippen LogP contribution < -0.4 is 30.6 Å². The van der Waals surface area contributed by atoms with Crippen LogP contribution in [0.3, 0.4) is 0 Å². The molecule has 3 rings (SSSR count). The molecule has 0 spiro atoms. The standard InChI is InChI=1S/C26H29F2N5O5S/c1-26(2,21(29)25(34)35)39-20-18(27)23(37-15-8-6-7-14(12-15)33(3)4)32-24(19(20)28)38-17-11-13(22(30)31)9-10-16(17)36-5/h6-12,21H,29H2,1-5H3,(H3,30,31)(H,34,35). The minimum atomic E-state index is -1.47. The summed E-state index contributed by atoms with van der Waals surface area (Å²) in [5, 5.41) is 17.1. The molecule has 208 valence electrons. The Hall–Kier alpha value is -4.10. The number of rotatable bonds is 11. The molecular formula is C26H29F2N5O5S. The fourth-order valence-electron chi connectivity index (χ4n) is 3.29. The van der Waals surface area contributed by atoms with Crippen molar-refractivity contribution in [3.05, 3.63) is 59.7 Å². The Morgan fingerprint density at radius 1 is 1.10 bits per heavy atom. The van der Waals surface area contributed by atoms with Crippen LogP contribution in [0, 0.1) is 17.0 Å². The Bertz CT molecular complexity index is 1400. The second-order valence-electron chi connectivity index (χ2n) is 9.08. The molecular weight excluding hydrogens is 532 g/mol. The number of pyridine rings is 1. The summed E-state index contributed by atoms with van der Waals surface area (Å²) in [6.07, 6.45) is 0. The van der Waals surface area contributed by atoms with Gasteiger partial charge in [0.1, 0.15) is 17.6 Å². The fourth-order valence-corrected chi connectivity index (χ4v) is 4.40. The highest BCUT2D eigenvalue weighted by Crippen LogP contribution is 2.44. The zero-order valence-electron chi connectivity index (χ0n) is 21.9. The number of aliphatic carboxylic acids is 1. The largest absolute Gasteiger partial charge is 0.493 e. The number of halogens is 2. The molecule has 0 bridgehead atoms. The van der Waals surface area contributed by atoms with Crippen LogP contribution in [0.4, 0.5) is 14.5 Å². The lowest BCUT2D eigenvalue weighted by Crippen LogP contribution is -2.46. The highest BCUT2D eigenvalue weighted by atomic mass is 32.2. The highest BCUT2D eigenvalue weighted by Gasteiger charge is 2.37. The molecule has 0 radical (unpaired) electrons. The summed E-state index contributed by atoms with van der Waals surface area (Å²) in [5.41, 5.74) is 12.4. The first kappa shape index (κ1) is 29.5. The van der Waals surface area contributed by atoms with E-state index in [4.69, 9.17) is 31.1 Å². The third-order valence-corrected chi connectivity index (χ3v) is 6.93. The monoisotopic (exact) mass is 561 g/mol. The lowest BCUT2D eigenvalue weighted by atomic mass is 10.1. The van der Waals surface area contributed by atoms with E-state index in [2.05, 4.69) is 4.98 Å². The average Bonchev–Trinajstić information content (AvgIpc) is 2.88. The van der Waals surface area contributed by atoms with Crippen molar-refractivity contribution in [3.8, 4) is 29.0 Å². The second kappa shape index (κ2) is 11.7. The van der Waals surface area contributed by atoms with Crippen molar-refractivity contribution in [2.24, 2.45) is 11.5 Å². The van der Waals surface area contributed by atoms with Gasteiger partial charge in [-0.1, -0.05) is 6.07 Å². The van der Waals surface area contributed by atoms with Crippen LogP contribution in [-0.4, -0.2) is 53.9 Å². The number of methoxy groups -OCH3 is 1. The van der Waals surface area contributed by atoms with E-state index in [9.17, 15) is 9.90 Å². The van der Waals surface area contributed by atoms with E-state index in [1.165, 1.54) is 39.2 Å². The first-order valence-electron chi connectivity index (χ1n) is 11.5. The molecule has 1 heterocycles. The molecule has 1 unspecified atom stereocenters. The van der Waals surface area contributed by atoms with Crippen molar-refractivity contribution in [1.29, 1.82) is 5.41 Å². The van der Waals surface area contributed by atoms with Gasteiger partial charge in [0.2, 0.25) is 11.6 Å². The summed E-state index contributed by atoms with van der Waals surface area (Å²) in [7, 11) is 4.98. The summed E-state index contributed by atoms with van der Waals surface area (Å²) >= 11 is 0.562. The van der Waals surface area contributed by atoms with Crippen LogP contribution in [0.2, 0.25) is 0 Å². The number of nitrogens with one attached hydrogen (secondary N) is 1. The third-order valence-electron chi connectivity index (χ3n) is 5.59. The van der Waals surface area contributed by atoms with Crippen molar-refractivity contribution in [2.45, 2.75) is 29.5 Å². The van der Waals surface area contributed by atoms with Crippen LogP contribution in [0.25, 0.3) is 0 Å². The van der Waals surface area contributed by atoms with Gasteiger partial charge in [0.25, 0.3) is 11.8 Å².